The topological polar surface area (TPSA) is 50.4 Å². The van der Waals surface area contributed by atoms with Gasteiger partial charge in [0.25, 0.3) is 5.91 Å². The van der Waals surface area contributed by atoms with E-state index in [0.717, 1.165) is 38.1 Å². The van der Waals surface area contributed by atoms with E-state index in [-0.39, 0.29) is 24.4 Å². The quantitative estimate of drug-likeness (QED) is 0.886. The number of amides is 1. The molecule has 2 fully saturated rings. The summed E-state index contributed by atoms with van der Waals surface area (Å²) in [5.74, 6) is 1.33. The van der Waals surface area contributed by atoms with E-state index in [2.05, 4.69) is 17.6 Å². The van der Waals surface area contributed by atoms with Crippen LogP contribution >= 0.6 is 12.4 Å². The standard InChI is InChI=1S/C18H26N2O2.ClH/c1-13-9-10-19-12-17(13)20-18(21)14-5-4-8-16(11-14)22-15-6-2-3-7-15;/h4-5,8,11,13,15,17,19H,2-3,6-7,9-10,12H2,1H3,(H,20,21);1H. The summed E-state index contributed by atoms with van der Waals surface area (Å²) < 4.78 is 5.98. The fourth-order valence-corrected chi connectivity index (χ4v) is 3.34. The maximum Gasteiger partial charge on any atom is 0.251 e. The number of nitrogens with one attached hydrogen (secondary N) is 2. The van der Waals surface area contributed by atoms with Crippen LogP contribution < -0.4 is 15.4 Å². The Labute approximate surface area is 144 Å². The number of carbonyl (C=O) groups is 1. The molecule has 1 heterocycles. The van der Waals surface area contributed by atoms with Gasteiger partial charge in [-0.05, 0) is 62.8 Å². The lowest BCUT2D eigenvalue weighted by Gasteiger charge is -2.30. The van der Waals surface area contributed by atoms with Crippen molar-refractivity contribution in [3.63, 3.8) is 0 Å². The maximum absolute atomic E-state index is 12.5. The first-order valence-electron chi connectivity index (χ1n) is 8.50. The number of hydrogen-bond acceptors (Lipinski definition) is 3. The summed E-state index contributed by atoms with van der Waals surface area (Å²) in [6.45, 7) is 4.09. The van der Waals surface area contributed by atoms with Crippen LogP contribution in [-0.4, -0.2) is 31.1 Å². The summed E-state index contributed by atoms with van der Waals surface area (Å²) in [6, 6.07) is 7.79. The molecule has 1 saturated heterocycles. The van der Waals surface area contributed by atoms with Crippen LogP contribution in [0.3, 0.4) is 0 Å². The van der Waals surface area contributed by atoms with Gasteiger partial charge in [0.05, 0.1) is 6.10 Å². The number of rotatable bonds is 4. The molecule has 1 aromatic carbocycles. The van der Waals surface area contributed by atoms with Crippen LogP contribution in [0.5, 0.6) is 5.75 Å². The van der Waals surface area contributed by atoms with Gasteiger partial charge in [-0.25, -0.2) is 0 Å². The van der Waals surface area contributed by atoms with E-state index >= 15 is 0 Å². The Morgan fingerprint density at radius 3 is 2.78 bits per heavy atom. The van der Waals surface area contributed by atoms with Gasteiger partial charge < -0.3 is 15.4 Å². The fourth-order valence-electron chi connectivity index (χ4n) is 3.34. The summed E-state index contributed by atoms with van der Waals surface area (Å²) in [4.78, 5) is 12.5. The largest absolute Gasteiger partial charge is 0.490 e. The van der Waals surface area contributed by atoms with Crippen molar-refractivity contribution in [2.75, 3.05) is 13.1 Å². The number of halogens is 1. The molecule has 2 atom stereocenters. The van der Waals surface area contributed by atoms with Crippen LogP contribution in [0.1, 0.15) is 49.4 Å². The van der Waals surface area contributed by atoms with E-state index in [9.17, 15) is 4.79 Å². The van der Waals surface area contributed by atoms with E-state index in [1.165, 1.54) is 12.8 Å². The van der Waals surface area contributed by atoms with Gasteiger partial charge in [-0.3, -0.25) is 4.79 Å². The van der Waals surface area contributed by atoms with E-state index in [1.807, 2.05) is 24.3 Å². The van der Waals surface area contributed by atoms with E-state index in [1.54, 1.807) is 0 Å². The Kier molecular flexibility index (Phi) is 6.72. The molecule has 4 nitrogen and oxygen atoms in total. The van der Waals surface area contributed by atoms with Crippen molar-refractivity contribution in [1.29, 1.82) is 0 Å². The zero-order valence-corrected chi connectivity index (χ0v) is 14.5. The Bertz CT molecular complexity index is 517. The Morgan fingerprint density at radius 2 is 2.04 bits per heavy atom. The minimum atomic E-state index is -0.00239. The highest BCUT2D eigenvalue weighted by Crippen LogP contribution is 2.24. The predicted octanol–water partition coefficient (Wildman–Crippen LogP) is 3.16. The van der Waals surface area contributed by atoms with Crippen molar-refractivity contribution in [1.82, 2.24) is 10.6 Å². The summed E-state index contributed by atoms with van der Waals surface area (Å²) in [5, 5.41) is 6.49. The number of hydrogen-bond donors (Lipinski definition) is 2. The average Bonchev–Trinajstić information content (AvgIpc) is 3.03. The van der Waals surface area contributed by atoms with Gasteiger partial charge in [0.2, 0.25) is 0 Å². The minimum absolute atomic E-state index is 0. The van der Waals surface area contributed by atoms with Gasteiger partial charge in [-0.2, -0.15) is 0 Å². The zero-order chi connectivity index (χ0) is 15.4. The van der Waals surface area contributed by atoms with Gasteiger partial charge in [-0.1, -0.05) is 13.0 Å². The fraction of sp³-hybridized carbons (Fsp3) is 0.611. The van der Waals surface area contributed by atoms with Crippen LogP contribution in [0.25, 0.3) is 0 Å². The normalized spacial score (nSPS) is 24.7. The maximum atomic E-state index is 12.5. The lowest BCUT2D eigenvalue weighted by molar-refractivity contribution is 0.0914. The molecule has 1 aliphatic heterocycles. The molecule has 128 valence electrons. The molecule has 1 aliphatic carbocycles. The van der Waals surface area contributed by atoms with Crippen molar-refractivity contribution in [3.8, 4) is 5.75 Å². The van der Waals surface area contributed by atoms with Crippen molar-refractivity contribution in [2.45, 2.75) is 51.2 Å². The van der Waals surface area contributed by atoms with Gasteiger partial charge >= 0.3 is 0 Å². The summed E-state index contributed by atoms with van der Waals surface area (Å²) >= 11 is 0. The van der Waals surface area contributed by atoms with Gasteiger partial charge in [-0.15, -0.1) is 12.4 Å². The zero-order valence-electron chi connectivity index (χ0n) is 13.7. The second kappa shape index (κ2) is 8.55. The number of benzene rings is 1. The molecule has 0 radical (unpaired) electrons. The Morgan fingerprint density at radius 1 is 1.26 bits per heavy atom. The monoisotopic (exact) mass is 338 g/mol. The third kappa shape index (κ3) is 4.85. The Hall–Kier alpha value is -1.26. The highest BCUT2D eigenvalue weighted by atomic mass is 35.5. The van der Waals surface area contributed by atoms with Crippen molar-refractivity contribution in [2.24, 2.45) is 5.92 Å². The number of ether oxygens (including phenoxy) is 1. The van der Waals surface area contributed by atoms with Crippen LogP contribution in [-0.2, 0) is 0 Å². The lowest BCUT2D eigenvalue weighted by atomic mass is 9.94. The van der Waals surface area contributed by atoms with Crippen LogP contribution in [0.2, 0.25) is 0 Å². The number of piperidine rings is 1. The van der Waals surface area contributed by atoms with Crippen LogP contribution in [0, 0.1) is 5.92 Å². The van der Waals surface area contributed by atoms with E-state index < -0.39 is 0 Å². The van der Waals surface area contributed by atoms with E-state index in [4.69, 9.17) is 4.74 Å². The summed E-state index contributed by atoms with van der Waals surface area (Å²) in [7, 11) is 0. The summed E-state index contributed by atoms with van der Waals surface area (Å²) in [6.07, 6.45) is 6.18. The molecule has 23 heavy (non-hydrogen) atoms. The molecule has 0 spiro atoms. The Balaban J connectivity index is 0.00000192. The second-order valence-electron chi connectivity index (χ2n) is 6.60. The second-order valence-corrected chi connectivity index (χ2v) is 6.60. The van der Waals surface area contributed by atoms with Crippen molar-refractivity contribution >= 4 is 18.3 Å². The smallest absolute Gasteiger partial charge is 0.251 e. The summed E-state index contributed by atoms with van der Waals surface area (Å²) in [5.41, 5.74) is 0.688. The molecule has 2 aliphatic rings. The molecule has 2 N–H and O–H groups in total. The highest BCUT2D eigenvalue weighted by molar-refractivity contribution is 5.94. The predicted molar refractivity (Wildman–Crippen MR) is 94.5 cm³/mol. The molecule has 1 amide bonds. The first-order valence-corrected chi connectivity index (χ1v) is 8.50. The SMILES string of the molecule is CC1CCNCC1NC(=O)c1cccc(OC2CCCC2)c1.Cl. The van der Waals surface area contributed by atoms with Crippen LogP contribution in [0.15, 0.2) is 24.3 Å². The van der Waals surface area contributed by atoms with Crippen molar-refractivity contribution in [3.05, 3.63) is 29.8 Å². The molecule has 0 aromatic heterocycles. The molecule has 0 bridgehead atoms. The third-order valence-corrected chi connectivity index (χ3v) is 4.85. The molecule has 3 rings (SSSR count). The lowest BCUT2D eigenvalue weighted by Crippen LogP contribution is -2.50. The van der Waals surface area contributed by atoms with Crippen LogP contribution in [0.4, 0.5) is 0 Å². The van der Waals surface area contributed by atoms with Crippen molar-refractivity contribution < 1.29 is 9.53 Å². The first-order chi connectivity index (χ1) is 10.7. The molecule has 2 unspecified atom stereocenters. The molecular weight excluding hydrogens is 312 g/mol. The van der Waals surface area contributed by atoms with Gasteiger partial charge in [0.15, 0.2) is 0 Å². The van der Waals surface area contributed by atoms with Gasteiger partial charge in [0.1, 0.15) is 5.75 Å². The minimum Gasteiger partial charge on any atom is -0.490 e. The molecular formula is C18H27ClN2O2. The molecule has 1 saturated carbocycles. The first kappa shape index (κ1) is 18.1. The molecule has 5 heteroatoms. The molecule has 1 aromatic rings. The third-order valence-electron chi connectivity index (χ3n) is 4.85. The number of carbonyl (C=O) groups excluding carboxylic acids is 1. The van der Waals surface area contributed by atoms with Gasteiger partial charge in [0, 0.05) is 18.2 Å². The highest BCUT2D eigenvalue weighted by Gasteiger charge is 2.23. The van der Waals surface area contributed by atoms with E-state index in [0.29, 0.717) is 17.6 Å². The average molecular weight is 339 g/mol.